The van der Waals surface area contributed by atoms with E-state index in [1.807, 2.05) is 0 Å². The van der Waals surface area contributed by atoms with Gasteiger partial charge in [-0.25, -0.2) is 0 Å². The molecule has 0 heterocycles. The highest BCUT2D eigenvalue weighted by Crippen LogP contribution is 2.36. The Labute approximate surface area is 94.8 Å². The maximum Gasteiger partial charge on any atom is 0.138 e. The lowest BCUT2D eigenvalue weighted by atomic mass is 9.71. The number of hydrogen-bond donors (Lipinski definition) is 0. The third kappa shape index (κ3) is 3.22. The quantitative estimate of drug-likeness (QED) is 0.574. The second-order valence-electron chi connectivity index (χ2n) is 4.75. The Bertz CT molecular complexity index is 187. The number of alkyl halides is 1. The van der Waals surface area contributed by atoms with Gasteiger partial charge in [0.1, 0.15) is 5.78 Å². The largest absolute Gasteiger partial charge is 0.299 e. The fourth-order valence-electron chi connectivity index (χ4n) is 1.96. The molecule has 1 aliphatic rings. The predicted octanol–water partition coefficient (Wildman–Crippen LogP) is 3.60. The van der Waals surface area contributed by atoms with Crippen LogP contribution in [0.4, 0.5) is 0 Å². The number of carbonyl (C=O) groups is 1. The standard InChI is InChI=1S/C11H19IO/c1-11(2)6-5-9(4-3-7-12)8-10(11)13/h9H,3-8H2,1-2H3. The molecule has 1 nitrogen and oxygen atoms in total. The molecule has 0 aromatic rings. The van der Waals surface area contributed by atoms with Crippen molar-refractivity contribution in [3.8, 4) is 0 Å². The van der Waals surface area contributed by atoms with Crippen molar-refractivity contribution in [1.29, 1.82) is 0 Å². The number of hydrogen-bond acceptors (Lipinski definition) is 1. The Hall–Kier alpha value is 0.400. The van der Waals surface area contributed by atoms with Gasteiger partial charge >= 0.3 is 0 Å². The zero-order valence-electron chi connectivity index (χ0n) is 8.61. The summed E-state index contributed by atoms with van der Waals surface area (Å²) < 4.78 is 1.23. The van der Waals surface area contributed by atoms with Gasteiger partial charge in [0, 0.05) is 11.8 Å². The summed E-state index contributed by atoms with van der Waals surface area (Å²) in [5.41, 5.74) is -0.0270. The summed E-state index contributed by atoms with van der Waals surface area (Å²) in [5, 5.41) is 0. The second-order valence-corrected chi connectivity index (χ2v) is 5.83. The molecule has 0 aromatic carbocycles. The van der Waals surface area contributed by atoms with E-state index in [2.05, 4.69) is 36.4 Å². The minimum atomic E-state index is -0.0270. The Kier molecular flexibility index (Phi) is 4.20. The van der Waals surface area contributed by atoms with Crippen LogP contribution < -0.4 is 0 Å². The molecule has 76 valence electrons. The van der Waals surface area contributed by atoms with Crippen molar-refractivity contribution in [3.63, 3.8) is 0 Å². The van der Waals surface area contributed by atoms with Gasteiger partial charge in [0.15, 0.2) is 0 Å². The first kappa shape index (κ1) is 11.5. The van der Waals surface area contributed by atoms with Crippen LogP contribution in [0.5, 0.6) is 0 Å². The van der Waals surface area contributed by atoms with Crippen LogP contribution in [0.1, 0.15) is 46.0 Å². The zero-order chi connectivity index (χ0) is 9.90. The number of halogens is 1. The van der Waals surface area contributed by atoms with Crippen molar-refractivity contribution >= 4 is 28.4 Å². The molecule has 0 spiro atoms. The molecule has 1 unspecified atom stereocenters. The summed E-state index contributed by atoms with van der Waals surface area (Å²) in [4.78, 5) is 11.7. The summed E-state index contributed by atoms with van der Waals surface area (Å²) in [7, 11) is 0. The monoisotopic (exact) mass is 294 g/mol. The molecule has 1 atom stereocenters. The van der Waals surface area contributed by atoms with E-state index in [1.54, 1.807) is 0 Å². The normalized spacial score (nSPS) is 27.6. The van der Waals surface area contributed by atoms with Crippen molar-refractivity contribution in [1.82, 2.24) is 0 Å². The highest BCUT2D eigenvalue weighted by Gasteiger charge is 2.34. The van der Waals surface area contributed by atoms with E-state index in [0.717, 1.165) is 12.8 Å². The van der Waals surface area contributed by atoms with E-state index in [-0.39, 0.29) is 5.41 Å². The fourth-order valence-corrected chi connectivity index (χ4v) is 2.40. The first-order chi connectivity index (χ1) is 6.06. The molecule has 0 amide bonds. The molecule has 0 saturated heterocycles. The summed E-state index contributed by atoms with van der Waals surface area (Å²) >= 11 is 2.41. The molecule has 1 saturated carbocycles. The Balaban J connectivity index is 2.37. The average molecular weight is 294 g/mol. The van der Waals surface area contributed by atoms with Crippen molar-refractivity contribution in [2.24, 2.45) is 11.3 Å². The first-order valence-corrected chi connectivity index (χ1v) is 6.68. The predicted molar refractivity (Wildman–Crippen MR) is 64.3 cm³/mol. The maximum atomic E-state index is 11.7. The molecule has 1 fully saturated rings. The molecule has 0 N–H and O–H groups in total. The smallest absolute Gasteiger partial charge is 0.138 e. The van der Waals surface area contributed by atoms with E-state index < -0.39 is 0 Å². The van der Waals surface area contributed by atoms with Gasteiger partial charge in [-0.2, -0.15) is 0 Å². The van der Waals surface area contributed by atoms with Gasteiger partial charge < -0.3 is 0 Å². The Morgan fingerprint density at radius 2 is 2.23 bits per heavy atom. The molecule has 13 heavy (non-hydrogen) atoms. The molecule has 0 radical (unpaired) electrons. The number of rotatable bonds is 3. The van der Waals surface area contributed by atoms with Crippen molar-refractivity contribution < 1.29 is 4.79 Å². The number of ketones is 1. The molecular formula is C11H19IO. The zero-order valence-corrected chi connectivity index (χ0v) is 10.8. The van der Waals surface area contributed by atoms with Crippen LogP contribution in [0.25, 0.3) is 0 Å². The van der Waals surface area contributed by atoms with E-state index in [4.69, 9.17) is 0 Å². The number of Topliss-reactive ketones (excluding diaryl/α,β-unsaturated/α-hetero) is 1. The van der Waals surface area contributed by atoms with Crippen LogP contribution in [0.2, 0.25) is 0 Å². The van der Waals surface area contributed by atoms with E-state index in [9.17, 15) is 4.79 Å². The van der Waals surface area contributed by atoms with Gasteiger partial charge in [-0.05, 0) is 36.0 Å². The van der Waals surface area contributed by atoms with Gasteiger partial charge in [0.2, 0.25) is 0 Å². The highest BCUT2D eigenvalue weighted by atomic mass is 127. The third-order valence-electron chi connectivity index (χ3n) is 3.15. The van der Waals surface area contributed by atoms with Gasteiger partial charge in [-0.3, -0.25) is 4.79 Å². The van der Waals surface area contributed by atoms with Crippen LogP contribution in [0, 0.1) is 11.3 Å². The van der Waals surface area contributed by atoms with Crippen molar-refractivity contribution in [3.05, 3.63) is 0 Å². The summed E-state index contributed by atoms with van der Waals surface area (Å²) in [6, 6.07) is 0. The Morgan fingerprint density at radius 3 is 2.77 bits per heavy atom. The lowest BCUT2D eigenvalue weighted by Gasteiger charge is -2.32. The number of carbonyl (C=O) groups excluding carboxylic acids is 1. The third-order valence-corrected chi connectivity index (χ3v) is 3.92. The van der Waals surface area contributed by atoms with E-state index in [0.29, 0.717) is 11.7 Å². The summed E-state index contributed by atoms with van der Waals surface area (Å²) in [6.07, 6.45) is 5.72. The van der Waals surface area contributed by atoms with Gasteiger partial charge in [-0.15, -0.1) is 0 Å². The van der Waals surface area contributed by atoms with Gasteiger partial charge in [-0.1, -0.05) is 36.4 Å². The molecule has 1 aliphatic carbocycles. The van der Waals surface area contributed by atoms with Gasteiger partial charge in [0.05, 0.1) is 0 Å². The molecule has 1 rings (SSSR count). The lowest BCUT2D eigenvalue weighted by Crippen LogP contribution is -2.31. The van der Waals surface area contributed by atoms with Gasteiger partial charge in [0.25, 0.3) is 0 Å². The van der Waals surface area contributed by atoms with Crippen LogP contribution in [0.15, 0.2) is 0 Å². The SMILES string of the molecule is CC1(C)CCC(CCCI)CC1=O. The minimum Gasteiger partial charge on any atom is -0.299 e. The van der Waals surface area contributed by atoms with Crippen molar-refractivity contribution in [2.75, 3.05) is 4.43 Å². The molecular weight excluding hydrogens is 275 g/mol. The molecule has 0 aliphatic heterocycles. The van der Waals surface area contributed by atoms with Crippen LogP contribution in [-0.4, -0.2) is 10.2 Å². The Morgan fingerprint density at radius 1 is 1.54 bits per heavy atom. The van der Waals surface area contributed by atoms with Crippen LogP contribution >= 0.6 is 22.6 Å². The van der Waals surface area contributed by atoms with Crippen molar-refractivity contribution in [2.45, 2.75) is 46.0 Å². The summed E-state index contributed by atoms with van der Waals surface area (Å²) in [5.74, 6) is 1.17. The first-order valence-electron chi connectivity index (χ1n) is 5.15. The fraction of sp³-hybridized carbons (Fsp3) is 0.909. The van der Waals surface area contributed by atoms with E-state index in [1.165, 1.54) is 23.7 Å². The molecule has 0 bridgehead atoms. The minimum absolute atomic E-state index is 0.0270. The lowest BCUT2D eigenvalue weighted by molar-refractivity contribution is -0.131. The van der Waals surface area contributed by atoms with E-state index >= 15 is 0 Å². The average Bonchev–Trinajstić information content (AvgIpc) is 2.07. The molecule has 2 heteroatoms. The highest BCUT2D eigenvalue weighted by molar-refractivity contribution is 14.1. The summed E-state index contributed by atoms with van der Waals surface area (Å²) in [6.45, 7) is 4.17. The molecule has 0 aromatic heterocycles. The topological polar surface area (TPSA) is 17.1 Å². The van der Waals surface area contributed by atoms with Crippen LogP contribution in [0.3, 0.4) is 0 Å². The maximum absolute atomic E-state index is 11.7. The van der Waals surface area contributed by atoms with Crippen LogP contribution in [-0.2, 0) is 4.79 Å². The second kappa shape index (κ2) is 4.76.